The molecule has 0 unspecified atom stereocenters. The van der Waals surface area contributed by atoms with Crippen molar-refractivity contribution < 1.29 is 14.3 Å². The average molecular weight is 394 g/mol. The number of nitrogens with zero attached hydrogens (tertiary/aromatic N) is 1. The summed E-state index contributed by atoms with van der Waals surface area (Å²) < 4.78 is 11.2. The molecule has 144 valence electrons. The molecule has 2 aromatic carbocycles. The van der Waals surface area contributed by atoms with Crippen molar-refractivity contribution in [2.75, 3.05) is 18.5 Å². The maximum absolute atomic E-state index is 12.2. The summed E-state index contributed by atoms with van der Waals surface area (Å²) in [6, 6.07) is 15.4. The number of hydrogen-bond acceptors (Lipinski definition) is 5. The van der Waals surface area contributed by atoms with Crippen molar-refractivity contribution in [1.82, 2.24) is 4.98 Å². The first-order valence-electron chi connectivity index (χ1n) is 9.09. The fourth-order valence-electron chi connectivity index (χ4n) is 2.56. The van der Waals surface area contributed by atoms with E-state index in [1.807, 2.05) is 67.8 Å². The summed E-state index contributed by atoms with van der Waals surface area (Å²) in [5, 5.41) is 5.29. The molecule has 1 heterocycles. The molecule has 1 N–H and O–H groups in total. The molecule has 0 aliphatic heterocycles. The third kappa shape index (κ3) is 5.20. The Hall–Kier alpha value is -3.12. The largest absolute Gasteiger partial charge is 0.490 e. The highest BCUT2D eigenvalue weighted by Gasteiger charge is 2.07. The Morgan fingerprint density at radius 2 is 1.82 bits per heavy atom. The minimum absolute atomic E-state index is 0.235. The zero-order chi connectivity index (χ0) is 19.8. The van der Waals surface area contributed by atoms with Gasteiger partial charge in [-0.25, -0.2) is 4.98 Å². The zero-order valence-electron chi connectivity index (χ0n) is 15.8. The van der Waals surface area contributed by atoms with E-state index in [2.05, 4.69) is 10.3 Å². The van der Waals surface area contributed by atoms with Gasteiger partial charge in [-0.3, -0.25) is 10.1 Å². The number of ether oxygens (including phenoxy) is 2. The number of amides is 1. The van der Waals surface area contributed by atoms with E-state index in [0.29, 0.717) is 29.8 Å². The molecule has 5 nitrogen and oxygen atoms in total. The Balaban J connectivity index is 1.65. The van der Waals surface area contributed by atoms with Gasteiger partial charge in [-0.05, 0) is 37.6 Å². The van der Waals surface area contributed by atoms with E-state index in [9.17, 15) is 4.79 Å². The fourth-order valence-corrected chi connectivity index (χ4v) is 3.29. The number of carbonyl (C=O) groups is 1. The van der Waals surface area contributed by atoms with E-state index in [0.717, 1.165) is 16.8 Å². The Bertz CT molecular complexity index is 951. The van der Waals surface area contributed by atoms with Crippen LogP contribution >= 0.6 is 11.3 Å². The zero-order valence-corrected chi connectivity index (χ0v) is 16.7. The molecule has 1 aromatic heterocycles. The first kappa shape index (κ1) is 19.6. The standard InChI is InChI=1S/C22H22N2O3S/c1-3-26-19-12-10-16(14-20(19)27-4-2)11-13-21(25)24-22-23-18(15-28-22)17-8-6-5-7-9-17/h5-15H,3-4H2,1-2H3,(H,23,24,25)/b13-11+. The van der Waals surface area contributed by atoms with Crippen LogP contribution in [0.15, 0.2) is 60.0 Å². The quantitative estimate of drug-likeness (QED) is 0.530. The van der Waals surface area contributed by atoms with Gasteiger partial charge in [0.2, 0.25) is 5.91 Å². The van der Waals surface area contributed by atoms with Crippen LogP contribution in [0.1, 0.15) is 19.4 Å². The number of aromatic nitrogens is 1. The van der Waals surface area contributed by atoms with Gasteiger partial charge in [0.25, 0.3) is 0 Å². The minimum atomic E-state index is -0.235. The Morgan fingerprint density at radius 1 is 1.07 bits per heavy atom. The molecule has 0 saturated heterocycles. The monoisotopic (exact) mass is 394 g/mol. The van der Waals surface area contributed by atoms with E-state index >= 15 is 0 Å². The van der Waals surface area contributed by atoms with Crippen molar-refractivity contribution in [2.45, 2.75) is 13.8 Å². The smallest absolute Gasteiger partial charge is 0.250 e. The molecule has 0 aliphatic rings. The van der Waals surface area contributed by atoms with Crippen molar-refractivity contribution in [2.24, 2.45) is 0 Å². The Kier molecular flexibility index (Phi) is 6.81. The van der Waals surface area contributed by atoms with Crippen molar-refractivity contribution in [1.29, 1.82) is 0 Å². The molecule has 0 fully saturated rings. The predicted molar refractivity (Wildman–Crippen MR) is 114 cm³/mol. The van der Waals surface area contributed by atoms with Crippen LogP contribution in [0.3, 0.4) is 0 Å². The number of rotatable bonds is 8. The van der Waals surface area contributed by atoms with E-state index in [4.69, 9.17) is 9.47 Å². The molecular formula is C22H22N2O3S. The van der Waals surface area contributed by atoms with Crippen molar-refractivity contribution in [3.05, 3.63) is 65.6 Å². The number of benzene rings is 2. The Labute approximate surface area is 168 Å². The fraction of sp³-hybridized carbons (Fsp3) is 0.182. The van der Waals surface area contributed by atoms with Gasteiger partial charge in [-0.1, -0.05) is 36.4 Å². The normalized spacial score (nSPS) is 10.8. The molecule has 3 aromatic rings. The lowest BCUT2D eigenvalue weighted by Gasteiger charge is -2.11. The average Bonchev–Trinajstić information content (AvgIpc) is 3.17. The lowest BCUT2D eigenvalue weighted by Crippen LogP contribution is -2.07. The minimum Gasteiger partial charge on any atom is -0.490 e. The molecule has 0 atom stereocenters. The van der Waals surface area contributed by atoms with Gasteiger partial charge in [0.15, 0.2) is 16.6 Å². The third-order valence-electron chi connectivity index (χ3n) is 3.80. The number of anilines is 1. The Morgan fingerprint density at radius 3 is 2.57 bits per heavy atom. The molecule has 6 heteroatoms. The van der Waals surface area contributed by atoms with Gasteiger partial charge >= 0.3 is 0 Å². The second-order valence-electron chi connectivity index (χ2n) is 5.80. The van der Waals surface area contributed by atoms with Crippen LogP contribution in [0.2, 0.25) is 0 Å². The van der Waals surface area contributed by atoms with Crippen LogP contribution < -0.4 is 14.8 Å². The van der Waals surface area contributed by atoms with Crippen molar-refractivity contribution >= 4 is 28.5 Å². The summed E-state index contributed by atoms with van der Waals surface area (Å²) in [4.78, 5) is 16.7. The molecule has 0 radical (unpaired) electrons. The predicted octanol–water partition coefficient (Wildman–Crippen LogP) is 5.26. The molecule has 3 rings (SSSR count). The topological polar surface area (TPSA) is 60.5 Å². The summed E-state index contributed by atoms with van der Waals surface area (Å²) in [5.74, 6) is 1.13. The highest BCUT2D eigenvalue weighted by molar-refractivity contribution is 7.14. The SMILES string of the molecule is CCOc1ccc(/C=C/C(=O)Nc2nc(-c3ccccc3)cs2)cc1OCC. The second kappa shape index (κ2) is 9.71. The summed E-state index contributed by atoms with van der Waals surface area (Å²) in [6.07, 6.45) is 3.22. The molecule has 28 heavy (non-hydrogen) atoms. The van der Waals surface area contributed by atoms with Gasteiger partial charge < -0.3 is 9.47 Å². The van der Waals surface area contributed by atoms with E-state index < -0.39 is 0 Å². The van der Waals surface area contributed by atoms with Crippen LogP contribution in [0.25, 0.3) is 17.3 Å². The van der Waals surface area contributed by atoms with Gasteiger partial charge in [-0.2, -0.15) is 0 Å². The lowest BCUT2D eigenvalue weighted by atomic mass is 10.2. The van der Waals surface area contributed by atoms with Crippen LogP contribution in [0, 0.1) is 0 Å². The van der Waals surface area contributed by atoms with Gasteiger partial charge in [-0.15, -0.1) is 11.3 Å². The molecule has 0 saturated carbocycles. The van der Waals surface area contributed by atoms with E-state index in [1.165, 1.54) is 17.4 Å². The van der Waals surface area contributed by atoms with Crippen molar-refractivity contribution in [3.63, 3.8) is 0 Å². The molecule has 1 amide bonds. The van der Waals surface area contributed by atoms with Gasteiger partial charge in [0.05, 0.1) is 18.9 Å². The molecule has 0 bridgehead atoms. The highest BCUT2D eigenvalue weighted by atomic mass is 32.1. The number of thiazole rings is 1. The van der Waals surface area contributed by atoms with Crippen LogP contribution in [0.5, 0.6) is 11.5 Å². The van der Waals surface area contributed by atoms with Gasteiger partial charge in [0, 0.05) is 17.0 Å². The number of nitrogens with one attached hydrogen (secondary N) is 1. The first-order chi connectivity index (χ1) is 13.7. The lowest BCUT2D eigenvalue weighted by molar-refractivity contribution is -0.111. The summed E-state index contributed by atoms with van der Waals surface area (Å²) in [5.41, 5.74) is 2.72. The third-order valence-corrected chi connectivity index (χ3v) is 4.56. The van der Waals surface area contributed by atoms with E-state index in [-0.39, 0.29) is 5.91 Å². The van der Waals surface area contributed by atoms with Crippen LogP contribution in [-0.4, -0.2) is 24.1 Å². The molecule has 0 spiro atoms. The molecular weight excluding hydrogens is 372 g/mol. The first-order valence-corrected chi connectivity index (χ1v) is 9.97. The van der Waals surface area contributed by atoms with E-state index in [1.54, 1.807) is 6.08 Å². The maximum Gasteiger partial charge on any atom is 0.250 e. The summed E-state index contributed by atoms with van der Waals surface area (Å²) in [6.45, 7) is 4.96. The maximum atomic E-state index is 12.2. The highest BCUT2D eigenvalue weighted by Crippen LogP contribution is 2.29. The molecule has 0 aliphatic carbocycles. The van der Waals surface area contributed by atoms with Crippen LogP contribution in [0.4, 0.5) is 5.13 Å². The number of hydrogen-bond donors (Lipinski definition) is 1. The second-order valence-corrected chi connectivity index (χ2v) is 6.66. The van der Waals surface area contributed by atoms with Crippen LogP contribution in [-0.2, 0) is 4.79 Å². The summed E-state index contributed by atoms with van der Waals surface area (Å²) >= 11 is 1.40. The van der Waals surface area contributed by atoms with Crippen molar-refractivity contribution in [3.8, 4) is 22.8 Å². The summed E-state index contributed by atoms with van der Waals surface area (Å²) in [7, 11) is 0. The number of carbonyl (C=O) groups excluding carboxylic acids is 1. The van der Waals surface area contributed by atoms with Gasteiger partial charge in [0.1, 0.15) is 0 Å².